The highest BCUT2D eigenvalue weighted by atomic mass is 35.5. The van der Waals surface area contributed by atoms with Gasteiger partial charge in [0.15, 0.2) is 0 Å². The minimum Gasteiger partial charge on any atom is -0.293 e. The van der Waals surface area contributed by atoms with Gasteiger partial charge in [-0.3, -0.25) is 25.3 Å². The van der Waals surface area contributed by atoms with Crippen LogP contribution >= 0.6 is 11.6 Å². The second-order valence-electron chi connectivity index (χ2n) is 4.03. The minimum atomic E-state index is -0.302. The highest BCUT2D eigenvalue weighted by molar-refractivity contribution is 6.30. The maximum absolute atomic E-state index is 11.4. The number of carbonyl (C=O) groups excluding carboxylic acids is 2. The van der Waals surface area contributed by atoms with Crippen molar-refractivity contribution >= 4 is 23.4 Å². The van der Waals surface area contributed by atoms with E-state index in [1.165, 1.54) is 6.92 Å². The van der Waals surface area contributed by atoms with E-state index in [1.807, 2.05) is 36.2 Å². The third kappa shape index (κ3) is 5.65. The molecule has 2 N–H and O–H groups in total. The summed E-state index contributed by atoms with van der Waals surface area (Å²) >= 11 is 5.79. The van der Waals surface area contributed by atoms with E-state index < -0.39 is 0 Å². The van der Waals surface area contributed by atoms with Crippen molar-refractivity contribution in [3.63, 3.8) is 0 Å². The van der Waals surface area contributed by atoms with Crippen LogP contribution in [0.25, 0.3) is 0 Å². The van der Waals surface area contributed by atoms with E-state index in [0.717, 1.165) is 5.56 Å². The SMILES string of the molecule is CC(=O)NNC(=O)CN(C)Cc1ccc(Cl)cc1. The Bertz CT molecular complexity index is 420. The normalized spacial score (nSPS) is 10.2. The number of amides is 2. The van der Waals surface area contributed by atoms with Crippen LogP contribution in [0.5, 0.6) is 0 Å². The number of hydrazine groups is 1. The number of benzene rings is 1. The third-order valence-corrected chi connectivity index (χ3v) is 2.41. The molecule has 2 amide bonds. The van der Waals surface area contributed by atoms with Crippen molar-refractivity contribution in [1.82, 2.24) is 15.8 Å². The molecule has 0 aliphatic rings. The smallest absolute Gasteiger partial charge is 0.252 e. The Morgan fingerprint density at radius 1 is 1.22 bits per heavy atom. The molecule has 1 aromatic carbocycles. The van der Waals surface area contributed by atoms with Gasteiger partial charge in [-0.15, -0.1) is 0 Å². The van der Waals surface area contributed by atoms with E-state index in [0.29, 0.717) is 11.6 Å². The van der Waals surface area contributed by atoms with Crippen molar-refractivity contribution in [2.45, 2.75) is 13.5 Å². The summed E-state index contributed by atoms with van der Waals surface area (Å²) in [6.07, 6.45) is 0. The fourth-order valence-corrected chi connectivity index (χ4v) is 1.53. The first-order valence-electron chi connectivity index (χ1n) is 5.46. The fourth-order valence-electron chi connectivity index (χ4n) is 1.40. The first-order valence-corrected chi connectivity index (χ1v) is 5.83. The molecule has 0 fully saturated rings. The number of carbonyl (C=O) groups is 2. The van der Waals surface area contributed by atoms with E-state index in [9.17, 15) is 9.59 Å². The molecular formula is C12H16ClN3O2. The van der Waals surface area contributed by atoms with Crippen molar-refractivity contribution in [1.29, 1.82) is 0 Å². The highest BCUT2D eigenvalue weighted by Gasteiger charge is 2.07. The third-order valence-electron chi connectivity index (χ3n) is 2.16. The zero-order valence-corrected chi connectivity index (χ0v) is 11.1. The quantitative estimate of drug-likeness (QED) is 0.800. The topological polar surface area (TPSA) is 61.4 Å². The lowest BCUT2D eigenvalue weighted by Crippen LogP contribution is -2.44. The first kappa shape index (κ1) is 14.5. The molecular weight excluding hydrogens is 254 g/mol. The van der Waals surface area contributed by atoms with Gasteiger partial charge in [-0.1, -0.05) is 23.7 Å². The molecule has 0 bridgehead atoms. The van der Waals surface area contributed by atoms with Crippen LogP contribution < -0.4 is 10.9 Å². The Kier molecular flexibility index (Phi) is 5.61. The number of halogens is 1. The second kappa shape index (κ2) is 6.98. The number of nitrogens with one attached hydrogen (secondary N) is 2. The summed E-state index contributed by atoms with van der Waals surface area (Å²) in [6.45, 7) is 2.16. The average molecular weight is 270 g/mol. The fraction of sp³-hybridized carbons (Fsp3) is 0.333. The largest absolute Gasteiger partial charge is 0.293 e. The summed E-state index contributed by atoms with van der Waals surface area (Å²) in [5.41, 5.74) is 5.61. The van der Waals surface area contributed by atoms with Crippen molar-refractivity contribution < 1.29 is 9.59 Å². The molecule has 0 aromatic heterocycles. The van der Waals surface area contributed by atoms with E-state index >= 15 is 0 Å². The van der Waals surface area contributed by atoms with Gasteiger partial charge in [0, 0.05) is 18.5 Å². The van der Waals surface area contributed by atoms with E-state index in [4.69, 9.17) is 11.6 Å². The van der Waals surface area contributed by atoms with Crippen LogP contribution in [-0.2, 0) is 16.1 Å². The van der Waals surface area contributed by atoms with Crippen LogP contribution in [0, 0.1) is 0 Å². The van der Waals surface area contributed by atoms with E-state index in [-0.39, 0.29) is 18.4 Å². The Hall–Kier alpha value is -1.59. The van der Waals surface area contributed by atoms with Crippen LogP contribution in [0.4, 0.5) is 0 Å². The van der Waals surface area contributed by atoms with Crippen LogP contribution in [0.1, 0.15) is 12.5 Å². The lowest BCUT2D eigenvalue weighted by atomic mass is 10.2. The summed E-state index contributed by atoms with van der Waals surface area (Å²) in [4.78, 5) is 23.9. The number of likely N-dealkylation sites (N-methyl/N-ethyl adjacent to an activating group) is 1. The molecule has 1 rings (SSSR count). The summed E-state index contributed by atoms with van der Waals surface area (Å²) in [5, 5.41) is 0.685. The number of hydrogen-bond acceptors (Lipinski definition) is 3. The zero-order chi connectivity index (χ0) is 13.5. The van der Waals surface area contributed by atoms with Gasteiger partial charge in [-0.25, -0.2) is 0 Å². The molecule has 0 saturated carbocycles. The summed E-state index contributed by atoms with van der Waals surface area (Å²) in [5.74, 6) is -0.564. The molecule has 6 heteroatoms. The summed E-state index contributed by atoms with van der Waals surface area (Å²) < 4.78 is 0. The summed E-state index contributed by atoms with van der Waals surface area (Å²) in [7, 11) is 1.82. The maximum Gasteiger partial charge on any atom is 0.252 e. The van der Waals surface area contributed by atoms with Gasteiger partial charge in [0.25, 0.3) is 5.91 Å². The standard InChI is InChI=1S/C12H16ClN3O2/c1-9(17)14-15-12(18)8-16(2)7-10-3-5-11(13)6-4-10/h3-6H,7-8H2,1-2H3,(H,14,17)(H,15,18). The number of nitrogens with zero attached hydrogens (tertiary/aromatic N) is 1. The van der Waals surface area contributed by atoms with E-state index in [2.05, 4.69) is 10.9 Å². The van der Waals surface area contributed by atoms with Gasteiger partial charge < -0.3 is 0 Å². The van der Waals surface area contributed by atoms with Gasteiger partial charge in [0.05, 0.1) is 6.54 Å². The van der Waals surface area contributed by atoms with Crippen molar-refractivity contribution in [3.8, 4) is 0 Å². The molecule has 0 saturated heterocycles. The molecule has 18 heavy (non-hydrogen) atoms. The van der Waals surface area contributed by atoms with Crippen LogP contribution in [-0.4, -0.2) is 30.3 Å². The first-order chi connectivity index (χ1) is 8.47. The highest BCUT2D eigenvalue weighted by Crippen LogP contribution is 2.10. The zero-order valence-electron chi connectivity index (χ0n) is 10.4. The average Bonchev–Trinajstić information content (AvgIpc) is 2.29. The van der Waals surface area contributed by atoms with Crippen LogP contribution in [0.15, 0.2) is 24.3 Å². The molecule has 5 nitrogen and oxygen atoms in total. The second-order valence-corrected chi connectivity index (χ2v) is 4.46. The predicted molar refractivity (Wildman–Crippen MR) is 69.7 cm³/mol. The van der Waals surface area contributed by atoms with Crippen molar-refractivity contribution in [2.24, 2.45) is 0 Å². The Morgan fingerprint density at radius 2 is 1.83 bits per heavy atom. The monoisotopic (exact) mass is 269 g/mol. The minimum absolute atomic E-state index is 0.197. The van der Waals surface area contributed by atoms with Crippen molar-refractivity contribution in [2.75, 3.05) is 13.6 Å². The van der Waals surface area contributed by atoms with Gasteiger partial charge in [0.1, 0.15) is 0 Å². The number of hydrogen-bond donors (Lipinski definition) is 2. The van der Waals surface area contributed by atoms with E-state index in [1.54, 1.807) is 0 Å². The van der Waals surface area contributed by atoms with Crippen LogP contribution in [0.2, 0.25) is 5.02 Å². The molecule has 0 spiro atoms. The lowest BCUT2D eigenvalue weighted by molar-refractivity contribution is -0.128. The predicted octanol–water partition coefficient (Wildman–Crippen LogP) is 0.939. The Balaban J connectivity index is 2.36. The van der Waals surface area contributed by atoms with Gasteiger partial charge in [0.2, 0.25) is 5.91 Å². The molecule has 0 unspecified atom stereocenters. The lowest BCUT2D eigenvalue weighted by Gasteiger charge is -2.16. The van der Waals surface area contributed by atoms with Gasteiger partial charge in [-0.2, -0.15) is 0 Å². The molecule has 0 heterocycles. The Labute approximate surface area is 111 Å². The van der Waals surface area contributed by atoms with Gasteiger partial charge in [-0.05, 0) is 24.7 Å². The van der Waals surface area contributed by atoms with Crippen molar-refractivity contribution in [3.05, 3.63) is 34.9 Å². The number of rotatable bonds is 4. The Morgan fingerprint density at radius 3 is 2.39 bits per heavy atom. The van der Waals surface area contributed by atoms with Gasteiger partial charge >= 0.3 is 0 Å². The molecule has 1 aromatic rings. The maximum atomic E-state index is 11.4. The molecule has 0 atom stereocenters. The molecule has 98 valence electrons. The molecule has 0 radical (unpaired) electrons. The molecule has 0 aliphatic heterocycles. The molecule has 0 aliphatic carbocycles. The summed E-state index contributed by atoms with van der Waals surface area (Å²) in [6, 6.07) is 7.43. The van der Waals surface area contributed by atoms with Crippen LogP contribution in [0.3, 0.4) is 0 Å².